The van der Waals surface area contributed by atoms with Gasteiger partial charge in [-0.15, -0.1) is 12.4 Å². The topological polar surface area (TPSA) is 12.0 Å². The maximum Gasteiger partial charge on any atom is 0.0452 e. The van der Waals surface area contributed by atoms with Crippen LogP contribution in [0.25, 0.3) is 10.8 Å². The first-order valence-corrected chi connectivity index (χ1v) is 5.20. The van der Waals surface area contributed by atoms with Crippen LogP contribution in [0.4, 0.5) is 5.69 Å². The van der Waals surface area contributed by atoms with Gasteiger partial charge in [-0.05, 0) is 23.8 Å². The minimum Gasteiger partial charge on any atom is -0.384 e. The van der Waals surface area contributed by atoms with Crippen LogP contribution >= 0.6 is 12.4 Å². The van der Waals surface area contributed by atoms with Crippen LogP contribution in [0.3, 0.4) is 0 Å². The summed E-state index contributed by atoms with van der Waals surface area (Å²) < 4.78 is 0. The van der Waals surface area contributed by atoms with E-state index in [0.717, 1.165) is 6.54 Å². The molecule has 1 N–H and O–H groups in total. The number of nitrogens with one attached hydrogen (secondary N) is 1. The SMILES string of the molecule is Cl.c1ccc2c3c(ccc2c1)CCCN3. The molecule has 78 valence electrons. The molecule has 0 aliphatic carbocycles. The molecule has 0 amide bonds. The van der Waals surface area contributed by atoms with Crippen LogP contribution in [0.1, 0.15) is 12.0 Å². The number of benzene rings is 2. The van der Waals surface area contributed by atoms with Crippen molar-refractivity contribution in [1.82, 2.24) is 0 Å². The van der Waals surface area contributed by atoms with E-state index in [0.29, 0.717) is 0 Å². The number of hydrogen-bond donors (Lipinski definition) is 1. The van der Waals surface area contributed by atoms with Gasteiger partial charge in [-0.25, -0.2) is 0 Å². The molecule has 1 nitrogen and oxygen atoms in total. The standard InChI is InChI=1S/C13H13N.ClH/c1-2-6-12-10(4-1)7-8-11-5-3-9-14-13(11)12;/h1-2,4,6-8,14H,3,5,9H2;1H. The fourth-order valence-corrected chi connectivity index (χ4v) is 2.23. The molecule has 2 aromatic carbocycles. The first-order valence-electron chi connectivity index (χ1n) is 5.20. The fourth-order valence-electron chi connectivity index (χ4n) is 2.23. The molecule has 1 aliphatic heterocycles. The van der Waals surface area contributed by atoms with Crippen LogP contribution in [0.2, 0.25) is 0 Å². The third-order valence-electron chi connectivity index (χ3n) is 2.94. The van der Waals surface area contributed by atoms with E-state index in [4.69, 9.17) is 0 Å². The van der Waals surface area contributed by atoms with Crippen LogP contribution in [-0.2, 0) is 6.42 Å². The van der Waals surface area contributed by atoms with Crippen molar-refractivity contribution in [3.63, 3.8) is 0 Å². The number of anilines is 1. The minimum atomic E-state index is 0. The first-order chi connectivity index (χ1) is 6.95. The summed E-state index contributed by atoms with van der Waals surface area (Å²) >= 11 is 0. The predicted molar refractivity (Wildman–Crippen MR) is 68.0 cm³/mol. The Kier molecular flexibility index (Phi) is 2.83. The third kappa shape index (κ3) is 1.68. The normalized spacial score (nSPS) is 13.9. The van der Waals surface area contributed by atoms with E-state index in [2.05, 4.69) is 41.7 Å². The van der Waals surface area contributed by atoms with Crippen molar-refractivity contribution >= 4 is 28.9 Å². The monoisotopic (exact) mass is 219 g/mol. The average Bonchev–Trinajstić information content (AvgIpc) is 2.29. The lowest BCUT2D eigenvalue weighted by Gasteiger charge is -2.19. The predicted octanol–water partition coefficient (Wildman–Crippen LogP) is 3.62. The number of fused-ring (bicyclic) bond motifs is 3. The zero-order valence-electron chi connectivity index (χ0n) is 8.49. The summed E-state index contributed by atoms with van der Waals surface area (Å²) in [4.78, 5) is 0. The highest BCUT2D eigenvalue weighted by molar-refractivity contribution is 5.95. The number of halogens is 1. The van der Waals surface area contributed by atoms with Gasteiger partial charge in [-0.1, -0.05) is 36.4 Å². The number of rotatable bonds is 0. The zero-order valence-corrected chi connectivity index (χ0v) is 9.31. The Bertz CT molecular complexity index is 479. The minimum absolute atomic E-state index is 0. The van der Waals surface area contributed by atoms with Crippen molar-refractivity contribution in [2.45, 2.75) is 12.8 Å². The van der Waals surface area contributed by atoms with E-state index in [-0.39, 0.29) is 12.4 Å². The molecular weight excluding hydrogens is 206 g/mol. The van der Waals surface area contributed by atoms with Gasteiger partial charge in [0.2, 0.25) is 0 Å². The van der Waals surface area contributed by atoms with Crippen molar-refractivity contribution in [2.75, 3.05) is 11.9 Å². The molecule has 0 aromatic heterocycles. The van der Waals surface area contributed by atoms with E-state index < -0.39 is 0 Å². The molecule has 0 saturated carbocycles. The quantitative estimate of drug-likeness (QED) is 0.714. The summed E-state index contributed by atoms with van der Waals surface area (Å²) in [5.41, 5.74) is 2.82. The molecule has 0 unspecified atom stereocenters. The van der Waals surface area contributed by atoms with Gasteiger partial charge in [0, 0.05) is 17.6 Å². The van der Waals surface area contributed by atoms with Crippen LogP contribution in [-0.4, -0.2) is 6.54 Å². The summed E-state index contributed by atoms with van der Waals surface area (Å²) in [6.07, 6.45) is 2.47. The molecule has 2 heteroatoms. The van der Waals surface area contributed by atoms with Gasteiger partial charge in [-0.3, -0.25) is 0 Å². The van der Waals surface area contributed by atoms with E-state index in [1.807, 2.05) is 0 Å². The van der Waals surface area contributed by atoms with Crippen LogP contribution in [0, 0.1) is 0 Å². The van der Waals surface area contributed by atoms with E-state index in [1.54, 1.807) is 0 Å². The second-order valence-corrected chi connectivity index (χ2v) is 3.85. The Labute approximate surface area is 95.9 Å². The van der Waals surface area contributed by atoms with Gasteiger partial charge >= 0.3 is 0 Å². The third-order valence-corrected chi connectivity index (χ3v) is 2.94. The van der Waals surface area contributed by atoms with Crippen molar-refractivity contribution in [2.24, 2.45) is 0 Å². The summed E-state index contributed by atoms with van der Waals surface area (Å²) in [6.45, 7) is 1.11. The lowest BCUT2D eigenvalue weighted by Crippen LogP contribution is -2.11. The molecular formula is C13H14ClN. The van der Waals surface area contributed by atoms with E-state index >= 15 is 0 Å². The summed E-state index contributed by atoms with van der Waals surface area (Å²) in [6, 6.07) is 13.1. The van der Waals surface area contributed by atoms with Gasteiger partial charge in [0.15, 0.2) is 0 Å². The first kappa shape index (κ1) is 10.3. The molecule has 0 spiro atoms. The van der Waals surface area contributed by atoms with Gasteiger partial charge in [0.25, 0.3) is 0 Å². The maximum absolute atomic E-state index is 3.51. The maximum atomic E-state index is 3.51. The Hall–Kier alpha value is -1.21. The van der Waals surface area contributed by atoms with Gasteiger partial charge in [0.1, 0.15) is 0 Å². The summed E-state index contributed by atoms with van der Waals surface area (Å²) in [5, 5.41) is 6.20. The van der Waals surface area contributed by atoms with E-state index in [9.17, 15) is 0 Å². The van der Waals surface area contributed by atoms with E-state index in [1.165, 1.54) is 34.9 Å². The van der Waals surface area contributed by atoms with Gasteiger partial charge in [-0.2, -0.15) is 0 Å². The lowest BCUT2D eigenvalue weighted by molar-refractivity contribution is 0.833. The van der Waals surface area contributed by atoms with Gasteiger partial charge < -0.3 is 5.32 Å². The van der Waals surface area contributed by atoms with Crippen molar-refractivity contribution in [1.29, 1.82) is 0 Å². The fraction of sp³-hybridized carbons (Fsp3) is 0.231. The van der Waals surface area contributed by atoms with Crippen LogP contribution in [0.15, 0.2) is 36.4 Å². The Morgan fingerprint density at radius 1 is 1.00 bits per heavy atom. The lowest BCUT2D eigenvalue weighted by atomic mass is 9.98. The Balaban J connectivity index is 0.000000853. The highest BCUT2D eigenvalue weighted by atomic mass is 35.5. The number of aryl methyl sites for hydroxylation is 1. The average molecular weight is 220 g/mol. The smallest absolute Gasteiger partial charge is 0.0452 e. The van der Waals surface area contributed by atoms with Crippen LogP contribution < -0.4 is 5.32 Å². The van der Waals surface area contributed by atoms with Crippen LogP contribution in [0.5, 0.6) is 0 Å². The zero-order chi connectivity index (χ0) is 9.38. The molecule has 3 rings (SSSR count). The van der Waals surface area contributed by atoms with Crippen molar-refractivity contribution in [3.05, 3.63) is 42.0 Å². The second-order valence-electron chi connectivity index (χ2n) is 3.85. The van der Waals surface area contributed by atoms with Gasteiger partial charge in [0.05, 0.1) is 0 Å². The summed E-state index contributed by atoms with van der Waals surface area (Å²) in [7, 11) is 0. The molecule has 0 saturated heterocycles. The molecule has 0 atom stereocenters. The highest BCUT2D eigenvalue weighted by Gasteiger charge is 2.10. The summed E-state index contributed by atoms with van der Waals surface area (Å²) in [5.74, 6) is 0. The highest BCUT2D eigenvalue weighted by Crippen LogP contribution is 2.30. The largest absolute Gasteiger partial charge is 0.384 e. The molecule has 1 aliphatic rings. The molecule has 1 heterocycles. The Morgan fingerprint density at radius 3 is 2.80 bits per heavy atom. The molecule has 2 aromatic rings. The van der Waals surface area contributed by atoms with Crippen molar-refractivity contribution < 1.29 is 0 Å². The van der Waals surface area contributed by atoms with Crippen molar-refractivity contribution in [3.8, 4) is 0 Å². The molecule has 0 bridgehead atoms. The molecule has 15 heavy (non-hydrogen) atoms. The number of hydrogen-bond acceptors (Lipinski definition) is 1. The molecule has 0 radical (unpaired) electrons. The molecule has 0 fully saturated rings. The second kappa shape index (κ2) is 4.11. The Morgan fingerprint density at radius 2 is 1.87 bits per heavy atom.